The molecule has 3 atom stereocenters. The van der Waals surface area contributed by atoms with Crippen molar-refractivity contribution in [2.24, 2.45) is 0 Å². The molecule has 41 heavy (non-hydrogen) atoms. The van der Waals surface area contributed by atoms with E-state index in [1.807, 2.05) is 31.7 Å². The van der Waals surface area contributed by atoms with Crippen molar-refractivity contribution in [3.63, 3.8) is 0 Å². The van der Waals surface area contributed by atoms with E-state index >= 15 is 0 Å². The number of halogens is 2. The SMILES string of the molecule is Cc1nc2ccccc2n1C1C[C@H]2CC[C@@H](C1)N2CCC1(c2ccc(Cl)c(Cl)c2)CCN(C(=O)OC(C)(C)C)CC1. The van der Waals surface area contributed by atoms with Crippen LogP contribution in [-0.2, 0) is 10.2 Å². The fourth-order valence-electron chi connectivity index (χ4n) is 7.74. The molecule has 3 aliphatic heterocycles. The van der Waals surface area contributed by atoms with Crippen molar-refractivity contribution in [3.8, 4) is 0 Å². The van der Waals surface area contributed by atoms with Gasteiger partial charge in [0.2, 0.25) is 0 Å². The van der Waals surface area contributed by atoms with Gasteiger partial charge in [0.25, 0.3) is 0 Å². The lowest BCUT2D eigenvalue weighted by molar-refractivity contribution is 0.0144. The van der Waals surface area contributed by atoms with Gasteiger partial charge in [0.1, 0.15) is 11.4 Å². The second-order valence-electron chi connectivity index (χ2n) is 13.4. The van der Waals surface area contributed by atoms with Crippen LogP contribution >= 0.6 is 23.2 Å². The second-order valence-corrected chi connectivity index (χ2v) is 14.2. The van der Waals surface area contributed by atoms with Crippen LogP contribution in [-0.4, -0.2) is 62.8 Å². The zero-order valence-electron chi connectivity index (χ0n) is 24.7. The number of para-hydroxylation sites is 2. The standard InChI is InChI=1S/C33H42Cl2N4O2/c1-22-36-29-7-5-6-8-30(29)39(22)26-20-24-10-11-25(21-26)38(24)18-15-33(23-9-12-27(34)28(35)19-23)13-16-37(17-14-33)31(40)41-32(2,3)4/h5-9,12,19,24-26H,10-11,13-18,20-21H2,1-4H3/t24-,25+,26?. The van der Waals surface area contributed by atoms with E-state index in [0.717, 1.165) is 37.1 Å². The predicted molar refractivity (Wildman–Crippen MR) is 166 cm³/mol. The highest BCUT2D eigenvalue weighted by Crippen LogP contribution is 2.45. The largest absolute Gasteiger partial charge is 0.444 e. The van der Waals surface area contributed by atoms with Crippen molar-refractivity contribution < 1.29 is 9.53 Å². The van der Waals surface area contributed by atoms with Gasteiger partial charge in [-0.2, -0.15) is 0 Å². The number of benzene rings is 2. The maximum absolute atomic E-state index is 12.8. The van der Waals surface area contributed by atoms with Gasteiger partial charge < -0.3 is 14.2 Å². The number of rotatable bonds is 5. The molecule has 3 aliphatic rings. The fourth-order valence-corrected chi connectivity index (χ4v) is 8.04. The summed E-state index contributed by atoms with van der Waals surface area (Å²) < 4.78 is 8.19. The minimum absolute atomic E-state index is 0.0554. The smallest absolute Gasteiger partial charge is 0.410 e. The molecule has 4 heterocycles. The van der Waals surface area contributed by atoms with Gasteiger partial charge in [0.15, 0.2) is 0 Å². The number of hydrogen-bond donors (Lipinski definition) is 0. The molecule has 3 aromatic rings. The first-order valence-electron chi connectivity index (χ1n) is 15.2. The Kier molecular flexibility index (Phi) is 7.80. The average molecular weight is 598 g/mol. The molecule has 0 N–H and O–H groups in total. The average Bonchev–Trinajstić information content (AvgIpc) is 3.38. The number of nitrogens with zero attached hydrogens (tertiary/aromatic N) is 4. The summed E-state index contributed by atoms with van der Waals surface area (Å²) in [6, 6.07) is 16.3. The van der Waals surface area contributed by atoms with Gasteiger partial charge >= 0.3 is 6.09 Å². The molecule has 1 aromatic heterocycles. The van der Waals surface area contributed by atoms with Crippen molar-refractivity contribution in [2.75, 3.05) is 19.6 Å². The van der Waals surface area contributed by atoms with E-state index in [0.29, 0.717) is 41.3 Å². The van der Waals surface area contributed by atoms with E-state index < -0.39 is 5.60 Å². The number of aromatic nitrogens is 2. The van der Waals surface area contributed by atoms with Crippen LogP contribution in [0.1, 0.15) is 83.1 Å². The van der Waals surface area contributed by atoms with Crippen molar-refractivity contribution in [3.05, 3.63) is 63.9 Å². The van der Waals surface area contributed by atoms with Gasteiger partial charge in [-0.15, -0.1) is 0 Å². The van der Waals surface area contributed by atoms with E-state index in [2.05, 4.69) is 52.8 Å². The summed E-state index contributed by atoms with van der Waals surface area (Å²) in [6.45, 7) is 10.3. The van der Waals surface area contributed by atoms with Crippen LogP contribution in [0.3, 0.4) is 0 Å². The Hall–Kier alpha value is -2.28. The molecule has 3 fully saturated rings. The maximum Gasteiger partial charge on any atom is 0.410 e. The van der Waals surface area contributed by atoms with Crippen LogP contribution in [0.4, 0.5) is 4.79 Å². The number of likely N-dealkylation sites (tertiary alicyclic amines) is 1. The summed E-state index contributed by atoms with van der Waals surface area (Å²) in [6.07, 6.45) is 7.46. The highest BCUT2D eigenvalue weighted by atomic mass is 35.5. The Morgan fingerprint density at radius 3 is 2.34 bits per heavy atom. The third-order valence-corrected chi connectivity index (χ3v) is 10.5. The first kappa shape index (κ1) is 28.8. The Balaban J connectivity index is 1.19. The molecule has 1 unspecified atom stereocenters. The number of piperidine rings is 2. The molecule has 6 nitrogen and oxygen atoms in total. The van der Waals surface area contributed by atoms with Crippen molar-refractivity contribution >= 4 is 40.3 Å². The molecule has 2 bridgehead atoms. The monoisotopic (exact) mass is 596 g/mol. The highest BCUT2D eigenvalue weighted by molar-refractivity contribution is 6.42. The highest BCUT2D eigenvalue weighted by Gasteiger charge is 2.44. The van der Waals surface area contributed by atoms with E-state index in [4.69, 9.17) is 32.9 Å². The lowest BCUT2D eigenvalue weighted by Gasteiger charge is -2.45. The molecule has 0 spiro atoms. The Bertz CT molecular complexity index is 1410. The third-order valence-electron chi connectivity index (χ3n) is 9.75. The van der Waals surface area contributed by atoms with E-state index in [9.17, 15) is 4.79 Å². The molecule has 3 saturated heterocycles. The number of ether oxygens (including phenoxy) is 1. The Morgan fingerprint density at radius 2 is 1.68 bits per heavy atom. The second kappa shape index (κ2) is 11.1. The Labute approximate surface area is 253 Å². The fraction of sp³-hybridized carbons (Fsp3) is 0.576. The molecular formula is C33H42Cl2N4O2. The van der Waals surface area contributed by atoms with Gasteiger partial charge in [0, 0.05) is 31.2 Å². The molecular weight excluding hydrogens is 555 g/mol. The van der Waals surface area contributed by atoms with Crippen LogP contribution in [0.2, 0.25) is 10.0 Å². The number of imidazole rings is 1. The van der Waals surface area contributed by atoms with Crippen molar-refractivity contribution in [1.82, 2.24) is 19.4 Å². The predicted octanol–water partition coefficient (Wildman–Crippen LogP) is 8.18. The lowest BCUT2D eigenvalue weighted by atomic mass is 9.70. The first-order valence-corrected chi connectivity index (χ1v) is 15.9. The van der Waals surface area contributed by atoms with Crippen LogP contribution in [0.25, 0.3) is 11.0 Å². The third kappa shape index (κ3) is 5.72. The number of carbonyl (C=O) groups is 1. The quantitative estimate of drug-likeness (QED) is 0.298. The number of carbonyl (C=O) groups excluding carboxylic acids is 1. The van der Waals surface area contributed by atoms with Crippen LogP contribution < -0.4 is 0 Å². The van der Waals surface area contributed by atoms with E-state index in [1.165, 1.54) is 36.8 Å². The lowest BCUT2D eigenvalue weighted by Crippen LogP contribution is -2.49. The zero-order valence-corrected chi connectivity index (χ0v) is 26.2. The van der Waals surface area contributed by atoms with Crippen molar-refractivity contribution in [1.29, 1.82) is 0 Å². The van der Waals surface area contributed by atoms with E-state index in [1.54, 1.807) is 0 Å². The number of hydrogen-bond acceptors (Lipinski definition) is 4. The van der Waals surface area contributed by atoms with Crippen LogP contribution in [0.15, 0.2) is 42.5 Å². The zero-order chi connectivity index (χ0) is 28.9. The molecule has 8 heteroatoms. The number of fused-ring (bicyclic) bond motifs is 3. The van der Waals surface area contributed by atoms with Crippen LogP contribution in [0, 0.1) is 6.92 Å². The summed E-state index contributed by atoms with van der Waals surface area (Å²) in [4.78, 5) is 22.4. The molecule has 0 saturated carbocycles. The van der Waals surface area contributed by atoms with Crippen molar-refractivity contribution in [2.45, 2.75) is 102 Å². The van der Waals surface area contributed by atoms with Gasteiger partial charge in [-0.3, -0.25) is 4.90 Å². The number of aryl methyl sites for hydroxylation is 1. The summed E-state index contributed by atoms with van der Waals surface area (Å²) in [5.41, 5.74) is 3.04. The summed E-state index contributed by atoms with van der Waals surface area (Å²) in [5, 5.41) is 1.18. The van der Waals surface area contributed by atoms with Gasteiger partial charge in [-0.05, 0) is 114 Å². The summed E-state index contributed by atoms with van der Waals surface area (Å²) in [7, 11) is 0. The summed E-state index contributed by atoms with van der Waals surface area (Å²) in [5.74, 6) is 1.12. The maximum atomic E-state index is 12.8. The van der Waals surface area contributed by atoms with Gasteiger partial charge in [-0.1, -0.05) is 41.4 Å². The molecule has 0 radical (unpaired) electrons. The molecule has 220 valence electrons. The summed E-state index contributed by atoms with van der Waals surface area (Å²) >= 11 is 12.9. The normalized spacial score (nSPS) is 24.6. The van der Waals surface area contributed by atoms with Gasteiger partial charge in [-0.25, -0.2) is 9.78 Å². The van der Waals surface area contributed by atoms with Crippen LogP contribution in [0.5, 0.6) is 0 Å². The molecule has 0 aliphatic carbocycles. The first-order chi connectivity index (χ1) is 19.5. The Morgan fingerprint density at radius 1 is 1.00 bits per heavy atom. The minimum Gasteiger partial charge on any atom is -0.444 e. The molecule has 2 aromatic carbocycles. The minimum atomic E-state index is -0.498. The topological polar surface area (TPSA) is 50.6 Å². The van der Waals surface area contributed by atoms with Gasteiger partial charge in [0.05, 0.1) is 21.1 Å². The van der Waals surface area contributed by atoms with E-state index in [-0.39, 0.29) is 11.5 Å². The molecule has 6 rings (SSSR count). The molecule has 1 amide bonds. The number of amides is 1.